The first-order valence-corrected chi connectivity index (χ1v) is 44.5. The van der Waals surface area contributed by atoms with Crippen molar-refractivity contribution in [2.75, 3.05) is 19.8 Å². The summed E-state index contributed by atoms with van der Waals surface area (Å²) in [5.41, 5.74) is 5.18. The highest BCUT2D eigenvalue weighted by atomic mass is 28.4. The Balaban J connectivity index is 0.000000198. The van der Waals surface area contributed by atoms with E-state index in [1.807, 2.05) is 78.9 Å². The Morgan fingerprint density at radius 2 is 1.10 bits per heavy atom. The second kappa shape index (κ2) is 33.5. The third-order valence-corrected chi connectivity index (χ3v) is 28.7. The summed E-state index contributed by atoms with van der Waals surface area (Å²) >= 11 is 0. The molecule has 4 aliphatic rings. The molecule has 8 atom stereocenters. The lowest BCUT2D eigenvalue weighted by molar-refractivity contribution is -0.0594. The van der Waals surface area contributed by atoms with E-state index in [4.69, 9.17) is 36.7 Å². The van der Waals surface area contributed by atoms with Gasteiger partial charge in [0.2, 0.25) is 0 Å². The van der Waals surface area contributed by atoms with Crippen LogP contribution in [0.5, 0.6) is 28.7 Å². The van der Waals surface area contributed by atoms with E-state index >= 15 is 0 Å². The monoisotopic (exact) mass is 1370 g/mol. The van der Waals surface area contributed by atoms with Gasteiger partial charge in [0.1, 0.15) is 54.7 Å². The molecule has 0 aromatic heterocycles. The molecule has 0 aliphatic heterocycles. The molecule has 0 heterocycles. The Morgan fingerprint density at radius 1 is 0.571 bits per heavy atom. The molecular weight excluding hydrogens is 1270 g/mol. The molecule has 0 bridgehead atoms. The van der Waals surface area contributed by atoms with Crippen molar-refractivity contribution >= 4 is 65.4 Å². The molecule has 0 amide bonds. The minimum Gasteiger partial charge on any atom is -0.490 e. The first-order valence-electron chi connectivity index (χ1n) is 35.6. The Morgan fingerprint density at radius 3 is 1.65 bits per heavy atom. The summed E-state index contributed by atoms with van der Waals surface area (Å²) in [7, 11) is -4.05. The van der Waals surface area contributed by atoms with E-state index in [9.17, 15) is 14.4 Å². The van der Waals surface area contributed by atoms with Crippen LogP contribution in [-0.4, -0.2) is 69.8 Å². The van der Waals surface area contributed by atoms with Gasteiger partial charge in [-0.05, 0) is 255 Å². The van der Waals surface area contributed by atoms with Gasteiger partial charge in [0, 0.05) is 12.0 Å². The van der Waals surface area contributed by atoms with E-state index in [0.717, 1.165) is 87.6 Å². The summed E-state index contributed by atoms with van der Waals surface area (Å²) in [6.45, 7) is 40.1. The van der Waals surface area contributed by atoms with Crippen LogP contribution in [0, 0.1) is 46.3 Å². The van der Waals surface area contributed by atoms with Gasteiger partial charge >= 0.3 is 17.9 Å². The van der Waals surface area contributed by atoms with Gasteiger partial charge in [-0.1, -0.05) is 158 Å². The van der Waals surface area contributed by atoms with Crippen molar-refractivity contribution in [3.05, 3.63) is 212 Å². The molecular formula is C84H106O11Si3. The average Bonchev–Trinajstić information content (AvgIpc) is 1.49. The molecule has 3 saturated carbocycles. The Kier molecular flexibility index (Phi) is 25.5. The largest absolute Gasteiger partial charge is 0.490 e. The van der Waals surface area contributed by atoms with Gasteiger partial charge in [-0.25, -0.2) is 14.4 Å². The van der Waals surface area contributed by atoms with Gasteiger partial charge in [-0.3, -0.25) is 0 Å². The number of ether oxygens (including phenoxy) is 6. The zero-order valence-corrected chi connectivity index (χ0v) is 63.5. The summed E-state index contributed by atoms with van der Waals surface area (Å²) in [6, 6.07) is 43.8. The van der Waals surface area contributed by atoms with Crippen molar-refractivity contribution in [1.29, 1.82) is 0 Å². The molecule has 0 N–H and O–H groups in total. The number of carbonyl (C=O) groups is 3. The first-order chi connectivity index (χ1) is 46.8. The van der Waals surface area contributed by atoms with E-state index in [2.05, 4.69) is 106 Å². The van der Waals surface area contributed by atoms with E-state index in [1.54, 1.807) is 90.5 Å². The van der Waals surface area contributed by atoms with Gasteiger partial charge < -0.3 is 36.7 Å². The molecule has 520 valence electrons. The normalized spacial score (nSPS) is 21.3. The van der Waals surface area contributed by atoms with Gasteiger partial charge in [-0.2, -0.15) is 0 Å². The standard InChI is InChI=1S/C40H30O6.C37H54O3.C7H22O2Si3/c1-3-23-43-31-18-13-28(14-19-31)39(41)45-33-25-30-10-6-7-11-34(30)36(26-33)38-35-12-8-5-9-27(35)17-22-37(38)46-40(42)29-15-20-32(21-16-29)44-24-4-2;1-7-23-39-29-14-11-27(12-15-29)35(38)40-30-19-21-36(5)28(24-30)13-16-31-33-18-17-32(26(4)10-8-9-25(2)3)37(33,6)22-20-34(31)36;1-10(8-11(2,3)4)9-12(5,6)7/h3-22,25-26H,1-2,23-24H2;7,11-15,25-26,30-34H,1,8-10,16-24H2,2-6H3;10H,1-7H3. The third-order valence-electron chi connectivity index (χ3n) is 20.4. The number of fused-ring (bicyclic) bond motifs is 7. The molecule has 11 rings (SSSR count). The third kappa shape index (κ3) is 19.2. The maximum absolute atomic E-state index is 13.4. The van der Waals surface area contributed by atoms with E-state index in [-0.39, 0.29) is 17.5 Å². The molecule has 0 radical (unpaired) electrons. The highest BCUT2D eigenvalue weighted by molar-refractivity contribution is 6.80. The predicted octanol–water partition coefficient (Wildman–Crippen LogP) is 21.6. The minimum absolute atomic E-state index is 0.0172. The van der Waals surface area contributed by atoms with Crippen molar-refractivity contribution in [2.24, 2.45) is 46.3 Å². The maximum Gasteiger partial charge on any atom is 0.343 e. The smallest absolute Gasteiger partial charge is 0.343 e. The van der Waals surface area contributed by atoms with Gasteiger partial charge in [-0.15, -0.1) is 0 Å². The van der Waals surface area contributed by atoms with Crippen molar-refractivity contribution in [3.8, 4) is 39.9 Å². The van der Waals surface area contributed by atoms with Crippen molar-refractivity contribution in [2.45, 2.75) is 157 Å². The van der Waals surface area contributed by atoms with Crippen LogP contribution in [-0.2, 0) is 13.0 Å². The van der Waals surface area contributed by atoms with Crippen LogP contribution in [0.1, 0.15) is 136 Å². The quantitative estimate of drug-likeness (QED) is 0.0235. The SMILES string of the molecule is C=CCOc1ccc(C(=O)OC2CCC3(C)C(=CCC4C3CCC3(C)C(C(C)CCCC(C)C)CCC43)C2)cc1.C=CCOc1ccc(C(=O)Oc2cc(-c3c(OC(=O)c4ccc(OCC=C)cc4)ccc4ccccc34)c3ccccc3c2)cc1.C[SiH](O[Si](C)(C)C)O[Si](C)(C)C. The van der Waals surface area contributed by atoms with Crippen LogP contribution in [0.25, 0.3) is 32.7 Å². The zero-order chi connectivity index (χ0) is 70.4. The molecule has 11 nitrogen and oxygen atoms in total. The highest BCUT2D eigenvalue weighted by Gasteiger charge is 2.59. The Hall–Kier alpha value is -7.60. The Labute approximate surface area is 588 Å². The molecule has 0 spiro atoms. The number of esters is 3. The number of hydrogen-bond donors (Lipinski definition) is 0. The lowest BCUT2D eigenvalue weighted by Gasteiger charge is -2.58. The topological polar surface area (TPSA) is 125 Å². The predicted molar refractivity (Wildman–Crippen MR) is 407 cm³/mol. The summed E-state index contributed by atoms with van der Waals surface area (Å²) in [5.74, 6) is 6.57. The number of rotatable bonds is 25. The summed E-state index contributed by atoms with van der Waals surface area (Å²) < 4.78 is 46.5. The van der Waals surface area contributed by atoms with Gasteiger partial charge in [0.25, 0.3) is 9.28 Å². The fourth-order valence-electron chi connectivity index (χ4n) is 16.0. The number of benzene rings is 7. The number of hydrogen-bond acceptors (Lipinski definition) is 11. The van der Waals surface area contributed by atoms with E-state index in [1.165, 1.54) is 51.4 Å². The van der Waals surface area contributed by atoms with Crippen LogP contribution in [0.3, 0.4) is 0 Å². The van der Waals surface area contributed by atoms with Crippen molar-refractivity contribution < 1.29 is 51.0 Å². The van der Waals surface area contributed by atoms with Crippen LogP contribution in [0.2, 0.25) is 45.8 Å². The molecule has 14 heteroatoms. The minimum atomic E-state index is -1.36. The molecule has 3 fully saturated rings. The molecule has 0 saturated heterocycles. The average molecular weight is 1380 g/mol. The van der Waals surface area contributed by atoms with Crippen LogP contribution in [0.15, 0.2) is 195 Å². The molecule has 8 unspecified atom stereocenters. The van der Waals surface area contributed by atoms with Crippen LogP contribution >= 0.6 is 0 Å². The van der Waals surface area contributed by atoms with Crippen molar-refractivity contribution in [1.82, 2.24) is 0 Å². The number of allylic oxidation sites excluding steroid dienone is 1. The molecule has 98 heavy (non-hydrogen) atoms. The van der Waals surface area contributed by atoms with Crippen LogP contribution in [0.4, 0.5) is 0 Å². The molecule has 7 aromatic carbocycles. The molecule has 4 aliphatic carbocycles. The summed E-state index contributed by atoms with van der Waals surface area (Å²) in [5, 5.41) is 3.61. The fraction of sp³-hybridized carbons (Fsp3) is 0.417. The second-order valence-corrected chi connectivity index (χ2v) is 41.6. The highest BCUT2D eigenvalue weighted by Crippen LogP contribution is 2.67. The summed E-state index contributed by atoms with van der Waals surface area (Å²) in [6.07, 6.45) is 21.7. The van der Waals surface area contributed by atoms with E-state index < -0.39 is 37.9 Å². The maximum atomic E-state index is 13.4. The summed E-state index contributed by atoms with van der Waals surface area (Å²) in [4.78, 5) is 39.6. The number of carbonyl (C=O) groups excluding carboxylic acids is 3. The van der Waals surface area contributed by atoms with Crippen molar-refractivity contribution in [3.63, 3.8) is 0 Å². The van der Waals surface area contributed by atoms with Gasteiger partial charge in [0.15, 0.2) is 16.6 Å². The lowest BCUT2D eigenvalue weighted by Crippen LogP contribution is -2.51. The second-order valence-electron chi connectivity index (χ2n) is 30.1. The lowest BCUT2D eigenvalue weighted by atomic mass is 9.47. The van der Waals surface area contributed by atoms with Crippen LogP contribution < -0.4 is 23.7 Å². The first kappa shape index (κ1) is 74.6. The fourth-order valence-corrected chi connectivity index (χ4v) is 24.6. The van der Waals surface area contributed by atoms with Gasteiger partial charge in [0.05, 0.1) is 16.7 Å². The molecule has 7 aromatic rings. The van der Waals surface area contributed by atoms with E-state index in [0.29, 0.717) is 70.5 Å². The zero-order valence-electron chi connectivity index (χ0n) is 60.3. The Bertz CT molecular complexity index is 3890.